The minimum atomic E-state index is -0.185. The van der Waals surface area contributed by atoms with E-state index in [0.717, 1.165) is 6.54 Å². The van der Waals surface area contributed by atoms with Crippen molar-refractivity contribution in [3.63, 3.8) is 0 Å². The monoisotopic (exact) mass is 285 g/mol. The van der Waals surface area contributed by atoms with E-state index in [4.69, 9.17) is 16.3 Å². The molecule has 2 N–H and O–H groups in total. The maximum atomic E-state index is 12.0. The zero-order valence-electron chi connectivity index (χ0n) is 11.5. The van der Waals surface area contributed by atoms with E-state index in [9.17, 15) is 4.79 Å². The molecule has 1 rings (SSSR count). The van der Waals surface area contributed by atoms with E-state index in [1.807, 2.05) is 20.8 Å². The molecule has 0 aliphatic heterocycles. The summed E-state index contributed by atoms with van der Waals surface area (Å²) >= 11 is 5.89. The number of carbonyl (C=O) groups excluding carboxylic acids is 1. The molecule has 1 heterocycles. The topological polar surface area (TPSA) is 63.2 Å². The van der Waals surface area contributed by atoms with Crippen LogP contribution < -0.4 is 10.6 Å². The van der Waals surface area contributed by atoms with E-state index < -0.39 is 0 Å². The molecule has 0 spiro atoms. The number of halogens is 1. The molecule has 1 atom stereocenters. The molecule has 0 fully saturated rings. The number of hydrogen-bond acceptors (Lipinski definition) is 4. The molecule has 6 heteroatoms. The molecule has 1 unspecified atom stereocenters. The van der Waals surface area contributed by atoms with E-state index in [0.29, 0.717) is 29.7 Å². The van der Waals surface area contributed by atoms with Gasteiger partial charge in [-0.2, -0.15) is 0 Å². The molecular formula is C13H20ClN3O2. The summed E-state index contributed by atoms with van der Waals surface area (Å²) in [6, 6.07) is 3.17. The standard InChI is InChI=1S/C13H20ClN3O2/c1-4-15-12-7-10(6-11(14)17-12)13(18)16-9(3)8-19-5-2/h6-7,9H,4-5,8H2,1-3H3,(H,15,17)(H,16,18). The molecule has 0 aromatic carbocycles. The number of nitrogens with zero attached hydrogens (tertiary/aromatic N) is 1. The first-order valence-electron chi connectivity index (χ1n) is 6.36. The highest BCUT2D eigenvalue weighted by atomic mass is 35.5. The predicted octanol–water partition coefficient (Wildman–Crippen LogP) is 2.32. The number of aromatic nitrogens is 1. The van der Waals surface area contributed by atoms with Crippen molar-refractivity contribution < 1.29 is 9.53 Å². The summed E-state index contributed by atoms with van der Waals surface area (Å²) < 4.78 is 5.25. The van der Waals surface area contributed by atoms with E-state index >= 15 is 0 Å². The van der Waals surface area contributed by atoms with Gasteiger partial charge in [-0.3, -0.25) is 4.79 Å². The molecule has 0 aliphatic carbocycles. The largest absolute Gasteiger partial charge is 0.380 e. The molecule has 0 saturated heterocycles. The van der Waals surface area contributed by atoms with Crippen LogP contribution in [-0.4, -0.2) is 36.7 Å². The average molecular weight is 286 g/mol. The Morgan fingerprint density at radius 3 is 2.84 bits per heavy atom. The Hall–Kier alpha value is -1.33. The van der Waals surface area contributed by atoms with Gasteiger partial charge in [-0.25, -0.2) is 4.98 Å². The van der Waals surface area contributed by atoms with Crippen LogP contribution in [0.3, 0.4) is 0 Å². The van der Waals surface area contributed by atoms with Gasteiger partial charge >= 0.3 is 0 Å². The van der Waals surface area contributed by atoms with Gasteiger partial charge in [0.25, 0.3) is 5.91 Å². The van der Waals surface area contributed by atoms with Crippen molar-refractivity contribution in [2.45, 2.75) is 26.8 Å². The number of nitrogens with one attached hydrogen (secondary N) is 2. The molecule has 0 bridgehead atoms. The second-order valence-electron chi connectivity index (χ2n) is 4.13. The van der Waals surface area contributed by atoms with Crippen LogP contribution in [0.5, 0.6) is 0 Å². The van der Waals surface area contributed by atoms with E-state index in [2.05, 4.69) is 15.6 Å². The molecule has 0 saturated carbocycles. The van der Waals surface area contributed by atoms with Crippen LogP contribution in [0.1, 0.15) is 31.1 Å². The smallest absolute Gasteiger partial charge is 0.251 e. The lowest BCUT2D eigenvalue weighted by molar-refractivity contribution is 0.0872. The van der Waals surface area contributed by atoms with Crippen molar-refractivity contribution in [3.05, 3.63) is 22.8 Å². The fourth-order valence-electron chi connectivity index (χ4n) is 1.54. The van der Waals surface area contributed by atoms with Crippen LogP contribution in [-0.2, 0) is 4.74 Å². The van der Waals surface area contributed by atoms with Crippen molar-refractivity contribution in [1.82, 2.24) is 10.3 Å². The second kappa shape index (κ2) is 7.96. The summed E-state index contributed by atoms with van der Waals surface area (Å²) in [5.41, 5.74) is 0.485. The van der Waals surface area contributed by atoms with Gasteiger partial charge in [0.05, 0.1) is 6.61 Å². The SMILES string of the molecule is CCNc1cc(C(=O)NC(C)COCC)cc(Cl)n1. The highest BCUT2D eigenvalue weighted by Crippen LogP contribution is 2.14. The van der Waals surface area contributed by atoms with Crippen LogP contribution in [0, 0.1) is 0 Å². The van der Waals surface area contributed by atoms with Gasteiger partial charge in [0, 0.05) is 24.8 Å². The molecule has 19 heavy (non-hydrogen) atoms. The van der Waals surface area contributed by atoms with Gasteiger partial charge in [0.2, 0.25) is 0 Å². The fourth-order valence-corrected chi connectivity index (χ4v) is 1.75. The Morgan fingerprint density at radius 1 is 1.47 bits per heavy atom. The van der Waals surface area contributed by atoms with Gasteiger partial charge in [-0.15, -0.1) is 0 Å². The predicted molar refractivity (Wildman–Crippen MR) is 76.8 cm³/mol. The molecule has 1 amide bonds. The molecule has 0 aliphatic rings. The normalized spacial score (nSPS) is 12.0. The quantitative estimate of drug-likeness (QED) is 0.755. The van der Waals surface area contributed by atoms with Gasteiger partial charge < -0.3 is 15.4 Å². The van der Waals surface area contributed by atoms with Crippen molar-refractivity contribution in [3.8, 4) is 0 Å². The summed E-state index contributed by atoms with van der Waals surface area (Å²) in [4.78, 5) is 16.1. The number of pyridine rings is 1. The Bertz CT molecular complexity index is 426. The lowest BCUT2D eigenvalue weighted by atomic mass is 10.2. The maximum absolute atomic E-state index is 12.0. The minimum absolute atomic E-state index is 0.0537. The molecule has 1 aromatic heterocycles. The lowest BCUT2D eigenvalue weighted by Gasteiger charge is -2.14. The Balaban J connectivity index is 2.70. The van der Waals surface area contributed by atoms with Crippen LogP contribution in [0.4, 0.5) is 5.82 Å². The summed E-state index contributed by atoms with van der Waals surface area (Å²) in [5.74, 6) is 0.410. The molecular weight excluding hydrogens is 266 g/mol. The van der Waals surface area contributed by atoms with Gasteiger partial charge in [-0.05, 0) is 32.9 Å². The third-order valence-electron chi connectivity index (χ3n) is 2.36. The molecule has 106 valence electrons. The van der Waals surface area contributed by atoms with Crippen LogP contribution in [0.25, 0.3) is 0 Å². The van der Waals surface area contributed by atoms with Crippen molar-refractivity contribution in [2.24, 2.45) is 0 Å². The summed E-state index contributed by atoms with van der Waals surface area (Å²) in [5, 5.41) is 6.17. The first-order valence-corrected chi connectivity index (χ1v) is 6.74. The first-order chi connectivity index (χ1) is 9.06. The molecule has 1 aromatic rings. The summed E-state index contributed by atoms with van der Waals surface area (Å²) in [6.45, 7) is 7.59. The number of hydrogen-bond donors (Lipinski definition) is 2. The van der Waals surface area contributed by atoms with Gasteiger partial charge in [-0.1, -0.05) is 11.6 Å². The number of anilines is 1. The number of rotatable bonds is 7. The third-order valence-corrected chi connectivity index (χ3v) is 2.56. The van der Waals surface area contributed by atoms with Crippen LogP contribution >= 0.6 is 11.6 Å². The Morgan fingerprint density at radius 2 is 2.21 bits per heavy atom. The Kier molecular flexibility index (Phi) is 6.59. The van der Waals surface area contributed by atoms with E-state index in [1.165, 1.54) is 0 Å². The van der Waals surface area contributed by atoms with Gasteiger partial charge in [0.15, 0.2) is 0 Å². The van der Waals surface area contributed by atoms with Crippen molar-refractivity contribution in [1.29, 1.82) is 0 Å². The lowest BCUT2D eigenvalue weighted by Crippen LogP contribution is -2.36. The molecule has 0 radical (unpaired) electrons. The zero-order chi connectivity index (χ0) is 14.3. The minimum Gasteiger partial charge on any atom is -0.380 e. The number of carbonyl (C=O) groups is 1. The Labute approximate surface area is 118 Å². The van der Waals surface area contributed by atoms with Crippen LogP contribution in [0.15, 0.2) is 12.1 Å². The second-order valence-corrected chi connectivity index (χ2v) is 4.52. The van der Waals surface area contributed by atoms with Crippen molar-refractivity contribution in [2.75, 3.05) is 25.1 Å². The highest BCUT2D eigenvalue weighted by Gasteiger charge is 2.12. The van der Waals surface area contributed by atoms with Crippen molar-refractivity contribution >= 4 is 23.3 Å². The van der Waals surface area contributed by atoms with Crippen LogP contribution in [0.2, 0.25) is 5.15 Å². The number of ether oxygens (including phenoxy) is 1. The summed E-state index contributed by atoms with van der Waals surface area (Å²) in [7, 11) is 0. The van der Waals surface area contributed by atoms with Gasteiger partial charge in [0.1, 0.15) is 11.0 Å². The zero-order valence-corrected chi connectivity index (χ0v) is 12.3. The van der Waals surface area contributed by atoms with E-state index in [1.54, 1.807) is 12.1 Å². The maximum Gasteiger partial charge on any atom is 0.251 e. The highest BCUT2D eigenvalue weighted by molar-refractivity contribution is 6.29. The fraction of sp³-hybridized carbons (Fsp3) is 0.538. The average Bonchev–Trinajstić information content (AvgIpc) is 2.36. The summed E-state index contributed by atoms with van der Waals surface area (Å²) in [6.07, 6.45) is 0. The molecule has 5 nitrogen and oxygen atoms in total. The van der Waals surface area contributed by atoms with E-state index in [-0.39, 0.29) is 11.9 Å². The first kappa shape index (κ1) is 15.7. The number of amides is 1. The third kappa shape index (κ3) is 5.44.